The number of carbonyl (C=O) groups excluding carboxylic acids is 1. The van der Waals surface area contributed by atoms with Crippen molar-refractivity contribution in [2.75, 3.05) is 43.0 Å². The number of hydrogen-bond acceptors (Lipinski definition) is 11. The second-order valence-corrected chi connectivity index (χ2v) is 16.7. The van der Waals surface area contributed by atoms with Gasteiger partial charge in [-0.2, -0.15) is 4.98 Å². The van der Waals surface area contributed by atoms with Crippen LogP contribution in [0.1, 0.15) is 72.9 Å². The van der Waals surface area contributed by atoms with Crippen LogP contribution in [0.4, 0.5) is 11.6 Å². The van der Waals surface area contributed by atoms with Crippen molar-refractivity contribution >= 4 is 27.6 Å². The van der Waals surface area contributed by atoms with E-state index in [1.807, 2.05) is 26.0 Å². The van der Waals surface area contributed by atoms with Crippen molar-refractivity contribution in [2.45, 2.75) is 77.8 Å². The summed E-state index contributed by atoms with van der Waals surface area (Å²) >= 11 is 0. The molecular weight excluding hydrogens is 695 g/mol. The number of sulfonamides is 1. The van der Waals surface area contributed by atoms with Crippen molar-refractivity contribution in [1.82, 2.24) is 24.8 Å². The first kappa shape index (κ1) is 38.1. The number of amides is 1. The number of carbonyl (C=O) groups is 1. The summed E-state index contributed by atoms with van der Waals surface area (Å²) < 4.78 is 42.6. The number of aromatic nitrogens is 4. The molecule has 1 amide bonds. The van der Waals surface area contributed by atoms with Crippen LogP contribution in [0.25, 0.3) is 11.3 Å². The molecular formula is C39H49N7O6S. The molecule has 1 fully saturated rings. The number of nitrogens with one attached hydrogen (secondary N) is 2. The standard InChI is InChI=1S/C39H49N7O6S/c1-25-8-6-9-28(18-27-12-16-51-17-13-27)34(25)35-26(2)36-44-38(43-35)45-53(49,50)32-11-7-10-29(19-32)37(48)46(31(24-52-36)20-39(3,4)5)23-33-41-21-30(22-42-33)40-14-15-47/h6-11,19,21-22,27,31,40,47H,12-18,20,23-24H2,1-5H3,(H,43,44,45)/t31-/m1/s1. The minimum Gasteiger partial charge on any atom is -0.475 e. The van der Waals surface area contributed by atoms with Gasteiger partial charge < -0.3 is 24.8 Å². The van der Waals surface area contributed by atoms with E-state index in [0.717, 1.165) is 49.2 Å². The third-order valence-electron chi connectivity index (χ3n) is 9.58. The molecule has 0 aliphatic carbocycles. The van der Waals surface area contributed by atoms with Crippen molar-refractivity contribution in [3.8, 4) is 17.1 Å². The van der Waals surface area contributed by atoms with Gasteiger partial charge in [0.15, 0.2) is 0 Å². The summed E-state index contributed by atoms with van der Waals surface area (Å²) in [4.78, 5) is 34.5. The molecule has 282 valence electrons. The summed E-state index contributed by atoms with van der Waals surface area (Å²) in [5.41, 5.74) is 4.87. The molecule has 0 radical (unpaired) electrons. The fourth-order valence-electron chi connectivity index (χ4n) is 6.95. The zero-order valence-corrected chi connectivity index (χ0v) is 31.9. The molecule has 0 unspecified atom stereocenters. The summed E-state index contributed by atoms with van der Waals surface area (Å²) in [6.07, 6.45) is 6.52. The van der Waals surface area contributed by atoms with Gasteiger partial charge >= 0.3 is 0 Å². The van der Waals surface area contributed by atoms with Crippen LogP contribution in [-0.4, -0.2) is 83.3 Å². The molecule has 2 aromatic heterocycles. The molecule has 2 aliphatic rings. The number of hydrogen-bond donors (Lipinski definition) is 3. The van der Waals surface area contributed by atoms with Gasteiger partial charge in [0.05, 0.1) is 47.9 Å². The second kappa shape index (κ2) is 16.1. The molecule has 0 spiro atoms. The lowest BCUT2D eigenvalue weighted by molar-refractivity contribution is 0.0504. The molecule has 4 heterocycles. The minimum atomic E-state index is -4.23. The Labute approximate surface area is 311 Å². The molecule has 1 saturated heterocycles. The first-order valence-corrected chi connectivity index (χ1v) is 19.6. The SMILES string of the molecule is Cc1cccc(CC2CCOCC2)c1-c1nc2nc(c1C)OC[C@@H](CC(C)(C)C)N(Cc1ncc(NCCO)cn1)C(=O)c1cccc(c1)S(=O)(=O)N2. The number of rotatable bonds is 9. The first-order valence-electron chi connectivity index (χ1n) is 18.1. The number of aryl methyl sites for hydroxylation is 1. The van der Waals surface area contributed by atoms with Crippen LogP contribution in [0.3, 0.4) is 0 Å². The van der Waals surface area contributed by atoms with Crippen LogP contribution in [0.15, 0.2) is 59.8 Å². The van der Waals surface area contributed by atoms with Gasteiger partial charge in [0, 0.05) is 36.4 Å². The van der Waals surface area contributed by atoms with Gasteiger partial charge in [0.25, 0.3) is 15.9 Å². The summed E-state index contributed by atoms with van der Waals surface area (Å²) in [5.74, 6) is 0.553. The third-order valence-corrected chi connectivity index (χ3v) is 10.9. The lowest BCUT2D eigenvalue weighted by Crippen LogP contribution is -2.45. The molecule has 4 bridgehead atoms. The Morgan fingerprint density at radius 1 is 1.04 bits per heavy atom. The summed E-state index contributed by atoms with van der Waals surface area (Å²) in [6.45, 7) is 12.1. The molecule has 3 N–H and O–H groups in total. The number of anilines is 2. The quantitative estimate of drug-likeness (QED) is 0.196. The lowest BCUT2D eigenvalue weighted by Gasteiger charge is -2.35. The van der Waals surface area contributed by atoms with E-state index in [4.69, 9.17) is 14.5 Å². The van der Waals surface area contributed by atoms with E-state index in [2.05, 4.69) is 51.8 Å². The monoisotopic (exact) mass is 743 g/mol. The number of ether oxygens (including phenoxy) is 2. The maximum atomic E-state index is 14.5. The van der Waals surface area contributed by atoms with E-state index in [0.29, 0.717) is 41.7 Å². The number of aliphatic hydroxyl groups is 1. The normalized spacial score (nSPS) is 17.9. The van der Waals surface area contributed by atoms with Crippen LogP contribution >= 0.6 is 0 Å². The molecule has 53 heavy (non-hydrogen) atoms. The molecule has 6 rings (SSSR count). The maximum Gasteiger partial charge on any atom is 0.264 e. The van der Waals surface area contributed by atoms with Crippen molar-refractivity contribution < 1.29 is 27.8 Å². The smallest absolute Gasteiger partial charge is 0.264 e. The average molecular weight is 744 g/mol. The van der Waals surface area contributed by atoms with E-state index in [1.165, 1.54) is 12.1 Å². The van der Waals surface area contributed by atoms with E-state index in [-0.39, 0.29) is 47.5 Å². The van der Waals surface area contributed by atoms with Gasteiger partial charge in [0.2, 0.25) is 11.8 Å². The van der Waals surface area contributed by atoms with Gasteiger partial charge in [-0.3, -0.25) is 4.79 Å². The number of nitrogens with zero attached hydrogens (tertiary/aromatic N) is 5. The molecule has 1 atom stereocenters. The average Bonchev–Trinajstić information content (AvgIpc) is 3.13. The first-order chi connectivity index (χ1) is 25.3. The Kier molecular flexibility index (Phi) is 11.6. The van der Waals surface area contributed by atoms with Crippen LogP contribution in [0.5, 0.6) is 5.88 Å². The Morgan fingerprint density at radius 3 is 2.49 bits per heavy atom. The largest absolute Gasteiger partial charge is 0.475 e. The second-order valence-electron chi connectivity index (χ2n) is 15.0. The van der Waals surface area contributed by atoms with Gasteiger partial charge in [-0.25, -0.2) is 28.1 Å². The highest BCUT2D eigenvalue weighted by Gasteiger charge is 2.33. The Morgan fingerprint density at radius 2 is 1.77 bits per heavy atom. The zero-order valence-electron chi connectivity index (χ0n) is 31.1. The van der Waals surface area contributed by atoms with Crippen molar-refractivity contribution in [3.63, 3.8) is 0 Å². The van der Waals surface area contributed by atoms with Crippen molar-refractivity contribution in [1.29, 1.82) is 0 Å². The van der Waals surface area contributed by atoms with Gasteiger partial charge in [-0.1, -0.05) is 45.0 Å². The molecule has 4 aromatic rings. The number of benzene rings is 2. The molecule has 13 nitrogen and oxygen atoms in total. The number of fused-ring (bicyclic) bond motifs is 4. The fourth-order valence-corrected chi connectivity index (χ4v) is 7.94. The highest BCUT2D eigenvalue weighted by atomic mass is 32.2. The molecule has 2 aliphatic heterocycles. The maximum absolute atomic E-state index is 14.5. The van der Waals surface area contributed by atoms with Crippen LogP contribution in [0, 0.1) is 25.2 Å². The Bertz CT molecular complexity index is 2030. The molecule has 14 heteroatoms. The van der Waals surface area contributed by atoms with Gasteiger partial charge in [0.1, 0.15) is 12.4 Å². The van der Waals surface area contributed by atoms with E-state index in [1.54, 1.807) is 29.4 Å². The Hall–Kier alpha value is -4.66. The molecule has 2 aromatic carbocycles. The lowest BCUT2D eigenvalue weighted by atomic mass is 9.87. The number of aliphatic hydroxyl groups excluding tert-OH is 1. The minimum absolute atomic E-state index is 0.0382. The molecule has 0 saturated carbocycles. The summed E-state index contributed by atoms with van der Waals surface area (Å²) in [6, 6.07) is 11.7. The predicted molar refractivity (Wildman–Crippen MR) is 202 cm³/mol. The fraction of sp³-hybridized carbons (Fsp3) is 0.462. The van der Waals surface area contributed by atoms with Crippen LogP contribution < -0.4 is 14.8 Å². The zero-order chi connectivity index (χ0) is 37.8. The van der Waals surface area contributed by atoms with E-state index < -0.39 is 22.0 Å². The van der Waals surface area contributed by atoms with Crippen LogP contribution in [-0.2, 0) is 27.7 Å². The third kappa shape index (κ3) is 9.29. The van der Waals surface area contributed by atoms with Crippen molar-refractivity contribution in [3.05, 3.63) is 82.9 Å². The van der Waals surface area contributed by atoms with Crippen LogP contribution in [0.2, 0.25) is 0 Å². The van der Waals surface area contributed by atoms with Gasteiger partial charge in [-0.15, -0.1) is 0 Å². The topological polar surface area (TPSA) is 169 Å². The highest BCUT2D eigenvalue weighted by molar-refractivity contribution is 7.92. The highest BCUT2D eigenvalue weighted by Crippen LogP contribution is 2.37. The van der Waals surface area contributed by atoms with E-state index in [9.17, 15) is 18.3 Å². The summed E-state index contributed by atoms with van der Waals surface area (Å²) in [7, 11) is -4.23. The Balaban J connectivity index is 1.47. The predicted octanol–water partition coefficient (Wildman–Crippen LogP) is 5.56. The van der Waals surface area contributed by atoms with Crippen molar-refractivity contribution in [2.24, 2.45) is 11.3 Å². The van der Waals surface area contributed by atoms with E-state index >= 15 is 0 Å². The summed E-state index contributed by atoms with van der Waals surface area (Å²) in [5, 5.41) is 12.2. The van der Waals surface area contributed by atoms with Gasteiger partial charge in [-0.05, 0) is 80.2 Å².